The van der Waals surface area contributed by atoms with E-state index in [1.807, 2.05) is 25.3 Å². The summed E-state index contributed by atoms with van der Waals surface area (Å²) in [5.41, 5.74) is 3.51. The van der Waals surface area contributed by atoms with Crippen LogP contribution in [-0.4, -0.2) is 29.5 Å². The fraction of sp³-hybridized carbons (Fsp3) is 0.353. The van der Waals surface area contributed by atoms with Crippen molar-refractivity contribution >= 4 is 11.6 Å². The molecule has 21 heavy (non-hydrogen) atoms. The van der Waals surface area contributed by atoms with Gasteiger partial charge in [0.1, 0.15) is 0 Å². The van der Waals surface area contributed by atoms with Crippen LogP contribution in [0.3, 0.4) is 0 Å². The Bertz CT molecular complexity index is 597. The number of pyridine rings is 1. The average Bonchev–Trinajstić information content (AvgIpc) is 2.51. The second kappa shape index (κ2) is 6.56. The molecule has 2 aromatic rings. The Balaban J connectivity index is 1.81. The van der Waals surface area contributed by atoms with Crippen LogP contribution in [0.5, 0.6) is 0 Å². The Morgan fingerprint density at radius 1 is 1.29 bits per heavy atom. The Labute approximate surface area is 131 Å². The molecule has 0 spiro atoms. The smallest absolute Gasteiger partial charge is 0.0491 e. The van der Waals surface area contributed by atoms with E-state index in [1.165, 1.54) is 11.1 Å². The van der Waals surface area contributed by atoms with E-state index in [0.29, 0.717) is 6.04 Å². The summed E-state index contributed by atoms with van der Waals surface area (Å²) in [7, 11) is 0. The van der Waals surface area contributed by atoms with Gasteiger partial charge in [-0.2, -0.15) is 0 Å². The van der Waals surface area contributed by atoms with Gasteiger partial charge in [-0.15, -0.1) is 0 Å². The summed E-state index contributed by atoms with van der Waals surface area (Å²) in [6.07, 6.45) is 1.97. The third kappa shape index (κ3) is 3.43. The molecule has 2 heterocycles. The van der Waals surface area contributed by atoms with Crippen LogP contribution in [0, 0.1) is 6.92 Å². The summed E-state index contributed by atoms with van der Waals surface area (Å²) < 4.78 is 0. The number of hydrogen-bond donors (Lipinski definition) is 1. The highest BCUT2D eigenvalue weighted by molar-refractivity contribution is 6.31. The van der Waals surface area contributed by atoms with Gasteiger partial charge >= 0.3 is 0 Å². The van der Waals surface area contributed by atoms with Crippen LogP contribution in [0.4, 0.5) is 0 Å². The molecule has 1 fully saturated rings. The minimum atomic E-state index is 0.314. The van der Waals surface area contributed by atoms with Crippen LogP contribution in [0.2, 0.25) is 5.02 Å². The molecule has 0 amide bonds. The van der Waals surface area contributed by atoms with E-state index in [1.54, 1.807) is 0 Å². The summed E-state index contributed by atoms with van der Waals surface area (Å²) in [6.45, 7) is 5.89. The third-order valence-electron chi connectivity index (χ3n) is 3.98. The zero-order valence-electron chi connectivity index (χ0n) is 12.2. The van der Waals surface area contributed by atoms with E-state index >= 15 is 0 Å². The Hall–Kier alpha value is -1.42. The van der Waals surface area contributed by atoms with Crippen LogP contribution in [0.1, 0.15) is 22.9 Å². The number of aromatic nitrogens is 1. The normalized spacial score (nSPS) is 19.6. The van der Waals surface area contributed by atoms with Crippen LogP contribution in [0.25, 0.3) is 0 Å². The molecule has 3 nitrogen and oxygen atoms in total. The van der Waals surface area contributed by atoms with Gasteiger partial charge < -0.3 is 5.32 Å². The maximum absolute atomic E-state index is 6.38. The summed E-state index contributed by atoms with van der Waals surface area (Å²) in [4.78, 5) is 6.87. The van der Waals surface area contributed by atoms with Gasteiger partial charge in [-0.05, 0) is 30.2 Å². The van der Waals surface area contributed by atoms with E-state index in [4.69, 9.17) is 11.6 Å². The number of halogens is 1. The summed E-state index contributed by atoms with van der Waals surface area (Å²) >= 11 is 6.38. The van der Waals surface area contributed by atoms with Gasteiger partial charge in [-0.3, -0.25) is 9.88 Å². The van der Waals surface area contributed by atoms with E-state index < -0.39 is 0 Å². The highest BCUT2D eigenvalue weighted by Crippen LogP contribution is 2.29. The predicted octanol–water partition coefficient (Wildman–Crippen LogP) is 3.19. The van der Waals surface area contributed by atoms with Crippen molar-refractivity contribution in [2.24, 2.45) is 0 Å². The van der Waals surface area contributed by atoms with Gasteiger partial charge in [0.15, 0.2) is 0 Å². The molecule has 1 saturated heterocycles. The molecular weight excluding hydrogens is 282 g/mol. The summed E-state index contributed by atoms with van der Waals surface area (Å²) in [5, 5.41) is 4.32. The summed E-state index contributed by atoms with van der Waals surface area (Å²) in [6, 6.07) is 12.7. The first-order valence-electron chi connectivity index (χ1n) is 7.35. The molecule has 1 unspecified atom stereocenters. The van der Waals surface area contributed by atoms with Gasteiger partial charge in [0, 0.05) is 49.1 Å². The van der Waals surface area contributed by atoms with E-state index in [0.717, 1.165) is 36.9 Å². The van der Waals surface area contributed by atoms with Crippen LogP contribution < -0.4 is 5.32 Å². The monoisotopic (exact) mass is 301 g/mol. The molecule has 0 bridgehead atoms. The Kier molecular flexibility index (Phi) is 4.54. The minimum Gasteiger partial charge on any atom is -0.314 e. The third-order valence-corrected chi connectivity index (χ3v) is 4.32. The van der Waals surface area contributed by atoms with Crippen LogP contribution in [0.15, 0.2) is 42.6 Å². The molecule has 1 N–H and O–H groups in total. The zero-order chi connectivity index (χ0) is 14.7. The average molecular weight is 302 g/mol. The molecule has 1 aliphatic rings. The number of hydrogen-bond acceptors (Lipinski definition) is 3. The second-order valence-electron chi connectivity index (χ2n) is 5.52. The maximum Gasteiger partial charge on any atom is 0.0491 e. The predicted molar refractivity (Wildman–Crippen MR) is 86.4 cm³/mol. The van der Waals surface area contributed by atoms with Crippen molar-refractivity contribution in [2.75, 3.05) is 19.6 Å². The standard InChI is InChI=1S/C17H20ClN3/c1-13-6-7-14(10-20-13)12-21-9-8-19-11-17(21)15-4-2-3-5-16(15)18/h2-7,10,17,19H,8-9,11-12H2,1H3. The first kappa shape index (κ1) is 14.5. The van der Waals surface area contributed by atoms with Crippen LogP contribution in [-0.2, 0) is 6.54 Å². The number of piperazine rings is 1. The van der Waals surface area contributed by atoms with Gasteiger partial charge in [-0.25, -0.2) is 0 Å². The second-order valence-corrected chi connectivity index (χ2v) is 5.93. The SMILES string of the molecule is Cc1ccc(CN2CCNCC2c2ccccc2Cl)cn1. The number of benzene rings is 1. The zero-order valence-corrected chi connectivity index (χ0v) is 13.0. The molecule has 1 aliphatic heterocycles. The lowest BCUT2D eigenvalue weighted by Crippen LogP contribution is -2.45. The lowest BCUT2D eigenvalue weighted by molar-refractivity contribution is 0.153. The Morgan fingerprint density at radius 3 is 2.90 bits per heavy atom. The summed E-state index contributed by atoms with van der Waals surface area (Å²) in [5.74, 6) is 0. The van der Waals surface area contributed by atoms with E-state index in [2.05, 4.69) is 39.5 Å². The van der Waals surface area contributed by atoms with Crippen molar-refractivity contribution in [3.63, 3.8) is 0 Å². The number of nitrogens with zero attached hydrogens (tertiary/aromatic N) is 2. The highest BCUT2D eigenvalue weighted by atomic mass is 35.5. The molecule has 1 aromatic carbocycles. The lowest BCUT2D eigenvalue weighted by atomic mass is 10.0. The molecule has 1 atom stereocenters. The quantitative estimate of drug-likeness (QED) is 0.944. The molecule has 0 saturated carbocycles. The molecule has 4 heteroatoms. The van der Waals surface area contributed by atoms with Gasteiger partial charge in [0.05, 0.1) is 0 Å². The van der Waals surface area contributed by atoms with Crippen LogP contribution >= 0.6 is 11.6 Å². The molecule has 1 aromatic heterocycles. The first-order valence-corrected chi connectivity index (χ1v) is 7.72. The van der Waals surface area contributed by atoms with Crippen molar-refractivity contribution in [1.82, 2.24) is 15.2 Å². The molecule has 3 rings (SSSR count). The topological polar surface area (TPSA) is 28.2 Å². The van der Waals surface area contributed by atoms with Gasteiger partial charge in [0.25, 0.3) is 0 Å². The van der Waals surface area contributed by atoms with E-state index in [9.17, 15) is 0 Å². The van der Waals surface area contributed by atoms with Gasteiger partial charge in [-0.1, -0.05) is 35.9 Å². The number of rotatable bonds is 3. The fourth-order valence-corrected chi connectivity index (χ4v) is 3.08. The van der Waals surface area contributed by atoms with Crippen molar-refractivity contribution in [3.05, 3.63) is 64.4 Å². The minimum absolute atomic E-state index is 0.314. The highest BCUT2D eigenvalue weighted by Gasteiger charge is 2.25. The maximum atomic E-state index is 6.38. The number of nitrogens with one attached hydrogen (secondary N) is 1. The molecule has 110 valence electrons. The molecular formula is C17H20ClN3. The van der Waals surface area contributed by atoms with Crippen molar-refractivity contribution in [1.29, 1.82) is 0 Å². The van der Waals surface area contributed by atoms with Crippen molar-refractivity contribution < 1.29 is 0 Å². The van der Waals surface area contributed by atoms with Crippen molar-refractivity contribution in [2.45, 2.75) is 19.5 Å². The molecule has 0 radical (unpaired) electrons. The largest absolute Gasteiger partial charge is 0.314 e. The Morgan fingerprint density at radius 2 is 2.14 bits per heavy atom. The van der Waals surface area contributed by atoms with E-state index in [-0.39, 0.29) is 0 Å². The van der Waals surface area contributed by atoms with Gasteiger partial charge in [0.2, 0.25) is 0 Å². The first-order chi connectivity index (χ1) is 10.2. The fourth-order valence-electron chi connectivity index (χ4n) is 2.81. The molecule has 0 aliphatic carbocycles. The van der Waals surface area contributed by atoms with Crippen molar-refractivity contribution in [3.8, 4) is 0 Å². The number of aryl methyl sites for hydroxylation is 1. The lowest BCUT2D eigenvalue weighted by Gasteiger charge is -2.37.